The standard InChI is InChI=1S/C24H32FN9/c1-23(2)9-17(10-24(3,4)33-23)30-21-15(11-26)12-29-22(32-21)31-16-7-18(14-5-6-14)20(25)19(8-16)34(28)13-27/h7-8,12-14,17,27,33H,5-6,9-10,28H2,1-4H3,(H2,29,30,31,32). The Morgan fingerprint density at radius 2 is 1.94 bits per heavy atom. The van der Waals surface area contributed by atoms with Crippen molar-refractivity contribution in [3.8, 4) is 6.07 Å². The first-order valence-corrected chi connectivity index (χ1v) is 11.5. The molecule has 10 heteroatoms. The highest BCUT2D eigenvalue weighted by atomic mass is 19.1. The molecule has 34 heavy (non-hydrogen) atoms. The van der Waals surface area contributed by atoms with Gasteiger partial charge in [0.15, 0.2) is 5.82 Å². The van der Waals surface area contributed by atoms with Gasteiger partial charge in [-0.25, -0.2) is 15.2 Å². The second-order valence-corrected chi connectivity index (χ2v) is 10.5. The van der Waals surface area contributed by atoms with Gasteiger partial charge >= 0.3 is 0 Å². The number of halogens is 1. The van der Waals surface area contributed by atoms with Crippen molar-refractivity contribution < 1.29 is 4.39 Å². The molecule has 9 nitrogen and oxygen atoms in total. The predicted octanol–water partition coefficient (Wildman–Crippen LogP) is 4.12. The van der Waals surface area contributed by atoms with Gasteiger partial charge in [0, 0.05) is 22.8 Å². The van der Waals surface area contributed by atoms with Gasteiger partial charge in [-0.05, 0) is 77.0 Å². The van der Waals surface area contributed by atoms with E-state index in [4.69, 9.17) is 11.3 Å². The molecule has 0 atom stereocenters. The zero-order valence-corrected chi connectivity index (χ0v) is 20.0. The summed E-state index contributed by atoms with van der Waals surface area (Å²) < 4.78 is 14.9. The van der Waals surface area contributed by atoms with Gasteiger partial charge in [-0.15, -0.1) is 0 Å². The van der Waals surface area contributed by atoms with Gasteiger partial charge in [0.25, 0.3) is 0 Å². The van der Waals surface area contributed by atoms with E-state index in [0.29, 0.717) is 22.6 Å². The minimum Gasteiger partial charge on any atom is -0.366 e. The van der Waals surface area contributed by atoms with E-state index in [0.717, 1.165) is 37.0 Å². The lowest BCUT2D eigenvalue weighted by molar-refractivity contribution is 0.170. The molecular weight excluding hydrogens is 433 g/mol. The van der Waals surface area contributed by atoms with Crippen molar-refractivity contribution in [2.24, 2.45) is 5.84 Å². The zero-order valence-electron chi connectivity index (χ0n) is 20.0. The van der Waals surface area contributed by atoms with Gasteiger partial charge < -0.3 is 16.0 Å². The normalized spacial score (nSPS) is 19.2. The predicted molar refractivity (Wildman–Crippen MR) is 132 cm³/mol. The molecule has 1 saturated carbocycles. The summed E-state index contributed by atoms with van der Waals surface area (Å²) >= 11 is 0. The molecule has 0 bridgehead atoms. The van der Waals surface area contributed by atoms with Crippen LogP contribution >= 0.6 is 0 Å². The molecule has 1 aliphatic heterocycles. The Morgan fingerprint density at radius 3 is 2.53 bits per heavy atom. The molecule has 1 aromatic heterocycles. The summed E-state index contributed by atoms with van der Waals surface area (Å²) in [5, 5.41) is 28.2. The van der Waals surface area contributed by atoms with E-state index in [1.165, 1.54) is 12.3 Å². The Bertz CT molecular complexity index is 1120. The van der Waals surface area contributed by atoms with Crippen molar-refractivity contribution in [1.29, 1.82) is 10.7 Å². The summed E-state index contributed by atoms with van der Waals surface area (Å²) in [6.45, 7) is 8.66. The second kappa shape index (κ2) is 8.81. The lowest BCUT2D eigenvalue weighted by Crippen LogP contribution is -2.60. The molecule has 6 N–H and O–H groups in total. The van der Waals surface area contributed by atoms with Crippen LogP contribution in [0.15, 0.2) is 18.3 Å². The first-order valence-electron chi connectivity index (χ1n) is 11.5. The van der Waals surface area contributed by atoms with Crippen molar-refractivity contribution >= 4 is 29.5 Å². The van der Waals surface area contributed by atoms with Crippen molar-refractivity contribution in [2.75, 3.05) is 15.6 Å². The smallest absolute Gasteiger partial charge is 0.229 e. The fourth-order valence-corrected chi connectivity index (χ4v) is 5.03. The second-order valence-electron chi connectivity index (χ2n) is 10.5. The number of hydrogen-bond acceptors (Lipinski definition) is 8. The molecule has 180 valence electrons. The minimum absolute atomic E-state index is 0.0625. The number of piperidine rings is 1. The van der Waals surface area contributed by atoms with E-state index < -0.39 is 5.82 Å². The Morgan fingerprint density at radius 1 is 1.26 bits per heavy atom. The molecule has 0 radical (unpaired) electrons. The summed E-state index contributed by atoms with van der Waals surface area (Å²) in [6, 6.07) is 5.55. The van der Waals surface area contributed by atoms with Gasteiger partial charge in [-0.1, -0.05) is 0 Å². The zero-order chi connectivity index (χ0) is 24.7. The summed E-state index contributed by atoms with van der Waals surface area (Å²) in [7, 11) is 0. The SMILES string of the molecule is CC1(C)CC(Nc2nc(Nc3cc(C4CC4)c(F)c(N(N)C=N)c3)ncc2C#N)CC(C)(C)N1. The molecule has 2 aromatic rings. The van der Waals surface area contributed by atoms with Gasteiger partial charge in [0.2, 0.25) is 5.95 Å². The van der Waals surface area contributed by atoms with Crippen molar-refractivity contribution in [3.63, 3.8) is 0 Å². The van der Waals surface area contributed by atoms with Gasteiger partial charge in [0.1, 0.15) is 23.8 Å². The van der Waals surface area contributed by atoms with Gasteiger partial charge in [-0.3, -0.25) is 10.4 Å². The fraction of sp³-hybridized carbons (Fsp3) is 0.500. The Hall–Kier alpha value is -3.29. The van der Waals surface area contributed by atoms with E-state index in [-0.39, 0.29) is 34.7 Å². The monoisotopic (exact) mass is 465 g/mol. The van der Waals surface area contributed by atoms with Crippen LogP contribution in [0.2, 0.25) is 0 Å². The molecule has 0 spiro atoms. The minimum atomic E-state index is -0.418. The van der Waals surface area contributed by atoms with Crippen molar-refractivity contribution in [2.45, 2.75) is 76.4 Å². The first-order chi connectivity index (χ1) is 16.0. The maximum atomic E-state index is 14.9. The number of nitrogens with zero attached hydrogens (tertiary/aromatic N) is 4. The van der Waals surface area contributed by atoms with Crippen LogP contribution in [0.3, 0.4) is 0 Å². The summed E-state index contributed by atoms with van der Waals surface area (Å²) in [5.74, 6) is 6.27. The van der Waals surface area contributed by atoms with E-state index in [9.17, 15) is 9.65 Å². The van der Waals surface area contributed by atoms with Crippen LogP contribution in [-0.2, 0) is 0 Å². The Kier molecular flexibility index (Phi) is 6.18. The quantitative estimate of drug-likeness (QED) is 0.178. The lowest BCUT2D eigenvalue weighted by Gasteiger charge is -2.46. The van der Waals surface area contributed by atoms with Crippen molar-refractivity contribution in [1.82, 2.24) is 15.3 Å². The van der Waals surface area contributed by atoms with Crippen LogP contribution in [0.5, 0.6) is 0 Å². The van der Waals surface area contributed by atoms with E-state index in [1.54, 1.807) is 6.07 Å². The largest absolute Gasteiger partial charge is 0.366 e. The van der Waals surface area contributed by atoms with E-state index >= 15 is 0 Å². The molecule has 1 saturated heterocycles. The number of anilines is 4. The molecule has 2 fully saturated rings. The Balaban J connectivity index is 1.62. The molecule has 1 aromatic carbocycles. The number of rotatable bonds is 7. The first kappa shape index (κ1) is 23.9. The topological polar surface area (TPSA) is 139 Å². The van der Waals surface area contributed by atoms with Crippen LogP contribution in [0.1, 0.15) is 70.4 Å². The molecule has 0 amide bonds. The number of nitrogens with two attached hydrogens (primary N) is 1. The Labute approximate surface area is 199 Å². The highest BCUT2D eigenvalue weighted by molar-refractivity contribution is 5.79. The number of benzene rings is 1. The van der Waals surface area contributed by atoms with Crippen LogP contribution < -0.4 is 26.8 Å². The number of aromatic nitrogens is 2. The van der Waals surface area contributed by atoms with Crippen LogP contribution in [0.25, 0.3) is 0 Å². The maximum Gasteiger partial charge on any atom is 0.229 e. The number of hydrazine groups is 1. The highest BCUT2D eigenvalue weighted by Gasteiger charge is 2.38. The molecule has 4 rings (SSSR count). The third-order valence-electron chi connectivity index (χ3n) is 6.21. The molecule has 2 heterocycles. The summed E-state index contributed by atoms with van der Waals surface area (Å²) in [5.41, 5.74) is 1.46. The molecule has 2 aliphatic rings. The van der Waals surface area contributed by atoms with E-state index in [2.05, 4.69) is 59.7 Å². The molecule has 0 unspecified atom stereocenters. The van der Waals surface area contributed by atoms with Gasteiger partial charge in [-0.2, -0.15) is 10.2 Å². The van der Waals surface area contributed by atoms with Crippen LogP contribution in [-0.4, -0.2) is 33.4 Å². The number of nitrogens with one attached hydrogen (secondary N) is 4. The molecular formula is C24H32FN9. The average molecular weight is 466 g/mol. The third kappa shape index (κ3) is 5.26. The number of hydrogen-bond donors (Lipinski definition) is 5. The van der Waals surface area contributed by atoms with Crippen LogP contribution in [0, 0.1) is 22.6 Å². The maximum absolute atomic E-state index is 14.9. The summed E-state index contributed by atoms with van der Waals surface area (Å²) in [4.78, 5) is 8.86. The average Bonchev–Trinajstić information content (AvgIpc) is 3.57. The summed E-state index contributed by atoms with van der Waals surface area (Å²) in [6.07, 6.45) is 5.92. The molecule has 1 aliphatic carbocycles. The van der Waals surface area contributed by atoms with Crippen molar-refractivity contribution in [3.05, 3.63) is 35.3 Å². The van der Waals surface area contributed by atoms with Crippen LogP contribution in [0.4, 0.5) is 27.5 Å². The highest BCUT2D eigenvalue weighted by Crippen LogP contribution is 2.44. The fourth-order valence-electron chi connectivity index (χ4n) is 5.03. The van der Waals surface area contributed by atoms with Gasteiger partial charge in [0.05, 0.1) is 11.9 Å². The third-order valence-corrected chi connectivity index (χ3v) is 6.21. The lowest BCUT2D eigenvalue weighted by atomic mass is 9.79. The van der Waals surface area contributed by atoms with E-state index in [1.807, 2.05) is 0 Å². The number of nitriles is 1.